The van der Waals surface area contributed by atoms with Gasteiger partial charge < -0.3 is 4.90 Å². The van der Waals surface area contributed by atoms with Crippen molar-refractivity contribution >= 4 is 23.2 Å². The number of carbonyl (C=O) groups is 1. The third-order valence-corrected chi connectivity index (χ3v) is 4.50. The van der Waals surface area contributed by atoms with Gasteiger partial charge in [-0.3, -0.25) is 9.78 Å². The van der Waals surface area contributed by atoms with Crippen LogP contribution in [0.2, 0.25) is 5.02 Å². The van der Waals surface area contributed by atoms with Crippen molar-refractivity contribution in [1.29, 1.82) is 0 Å². The Morgan fingerprint density at radius 2 is 1.65 bits per heavy atom. The molecule has 0 N–H and O–H groups in total. The van der Waals surface area contributed by atoms with E-state index < -0.39 is 0 Å². The van der Waals surface area contributed by atoms with Gasteiger partial charge in [0.25, 0.3) is 5.91 Å². The number of aromatic nitrogens is 2. The fourth-order valence-corrected chi connectivity index (χ4v) is 2.73. The molecule has 1 aromatic heterocycles. The minimum atomic E-state index is -0.222. The number of rotatable bonds is 4. The molecule has 2 aromatic carbocycles. The number of hydrogen-bond donors (Lipinski definition) is 0. The molecule has 0 unspecified atom stereocenters. The minimum absolute atomic E-state index is 0.222. The zero-order valence-corrected chi connectivity index (χ0v) is 15.7. The van der Waals surface area contributed by atoms with E-state index in [0.717, 1.165) is 11.3 Å². The van der Waals surface area contributed by atoms with Crippen molar-refractivity contribution in [1.82, 2.24) is 9.97 Å². The maximum atomic E-state index is 12.7. The van der Waals surface area contributed by atoms with E-state index >= 15 is 0 Å². The summed E-state index contributed by atoms with van der Waals surface area (Å²) in [5.74, 6) is 0.247. The fraction of sp³-hybridized carbons (Fsp3) is 0.190. The Balaban J connectivity index is 1.86. The first kappa shape index (κ1) is 18.1. The monoisotopic (exact) mass is 365 g/mol. The van der Waals surface area contributed by atoms with Gasteiger partial charge in [0.2, 0.25) is 0 Å². The molecule has 0 spiro atoms. The first-order valence-corrected chi connectivity index (χ1v) is 8.79. The SMILES string of the molecule is CC(C)c1ccc(-c2cncc(C(=O)N(C)c3ccc(Cl)cc3)n2)cc1. The predicted octanol–water partition coefficient (Wildman–Crippen LogP) is 5.20. The molecule has 0 bridgehead atoms. The van der Waals surface area contributed by atoms with Gasteiger partial charge >= 0.3 is 0 Å². The van der Waals surface area contributed by atoms with E-state index in [2.05, 4.69) is 35.9 Å². The van der Waals surface area contributed by atoms with Gasteiger partial charge in [-0.15, -0.1) is 0 Å². The standard InChI is InChI=1S/C21H20ClN3O/c1-14(2)15-4-6-16(7-5-15)19-12-23-13-20(24-19)21(26)25(3)18-10-8-17(22)9-11-18/h4-14H,1-3H3. The first-order chi connectivity index (χ1) is 12.5. The van der Waals surface area contributed by atoms with E-state index in [4.69, 9.17) is 11.6 Å². The van der Waals surface area contributed by atoms with Crippen molar-refractivity contribution in [3.63, 3.8) is 0 Å². The highest BCUT2D eigenvalue weighted by Gasteiger charge is 2.16. The summed E-state index contributed by atoms with van der Waals surface area (Å²) in [5.41, 5.74) is 3.92. The molecule has 5 heteroatoms. The Morgan fingerprint density at radius 3 is 2.27 bits per heavy atom. The Bertz CT molecular complexity index is 905. The van der Waals surface area contributed by atoms with E-state index in [1.54, 1.807) is 37.5 Å². The van der Waals surface area contributed by atoms with Gasteiger partial charge in [0.1, 0.15) is 5.69 Å². The molecular weight excluding hydrogens is 346 g/mol. The molecule has 0 saturated heterocycles. The number of halogens is 1. The van der Waals surface area contributed by atoms with E-state index in [9.17, 15) is 4.79 Å². The molecule has 0 fully saturated rings. The van der Waals surface area contributed by atoms with Gasteiger partial charge in [0, 0.05) is 23.3 Å². The second-order valence-electron chi connectivity index (χ2n) is 6.41. The van der Waals surface area contributed by atoms with E-state index in [-0.39, 0.29) is 5.91 Å². The molecule has 3 rings (SSSR count). The van der Waals surface area contributed by atoms with Crippen molar-refractivity contribution in [2.24, 2.45) is 0 Å². The van der Waals surface area contributed by atoms with Crippen LogP contribution in [0, 0.1) is 0 Å². The zero-order valence-electron chi connectivity index (χ0n) is 15.0. The highest BCUT2D eigenvalue weighted by Crippen LogP contribution is 2.22. The second-order valence-corrected chi connectivity index (χ2v) is 6.84. The van der Waals surface area contributed by atoms with Gasteiger partial charge in [-0.1, -0.05) is 49.7 Å². The Labute approximate surface area is 158 Å². The zero-order chi connectivity index (χ0) is 18.7. The molecule has 3 aromatic rings. The molecule has 0 atom stereocenters. The van der Waals surface area contributed by atoms with Crippen LogP contribution in [0.25, 0.3) is 11.3 Å². The van der Waals surface area contributed by atoms with Crippen LogP contribution in [0.3, 0.4) is 0 Å². The summed E-state index contributed by atoms with van der Waals surface area (Å²) in [5, 5.41) is 0.626. The number of benzene rings is 2. The average Bonchev–Trinajstić information content (AvgIpc) is 2.67. The van der Waals surface area contributed by atoms with Crippen LogP contribution in [-0.2, 0) is 0 Å². The average molecular weight is 366 g/mol. The maximum Gasteiger partial charge on any atom is 0.278 e. The Morgan fingerprint density at radius 1 is 1.00 bits per heavy atom. The minimum Gasteiger partial charge on any atom is -0.310 e. The van der Waals surface area contributed by atoms with Crippen LogP contribution in [0.4, 0.5) is 5.69 Å². The molecule has 26 heavy (non-hydrogen) atoms. The molecule has 0 radical (unpaired) electrons. The third-order valence-electron chi connectivity index (χ3n) is 4.25. The van der Waals surface area contributed by atoms with Crippen LogP contribution in [-0.4, -0.2) is 22.9 Å². The summed E-state index contributed by atoms with van der Waals surface area (Å²) in [4.78, 5) is 23.0. The van der Waals surface area contributed by atoms with Crippen molar-refractivity contribution < 1.29 is 4.79 Å². The number of hydrogen-bond acceptors (Lipinski definition) is 3. The molecule has 0 saturated carbocycles. The summed E-state index contributed by atoms with van der Waals surface area (Å²) in [6.45, 7) is 4.31. The highest BCUT2D eigenvalue weighted by atomic mass is 35.5. The van der Waals surface area contributed by atoms with Crippen molar-refractivity contribution in [2.45, 2.75) is 19.8 Å². The number of nitrogens with zero attached hydrogens (tertiary/aromatic N) is 3. The van der Waals surface area contributed by atoms with E-state index in [1.165, 1.54) is 16.7 Å². The molecule has 0 aliphatic carbocycles. The number of carbonyl (C=O) groups excluding carboxylic acids is 1. The predicted molar refractivity (Wildman–Crippen MR) is 106 cm³/mol. The van der Waals surface area contributed by atoms with Gasteiger partial charge in [0.05, 0.1) is 18.1 Å². The van der Waals surface area contributed by atoms with Crippen LogP contribution in [0.1, 0.15) is 35.8 Å². The van der Waals surface area contributed by atoms with E-state index in [1.807, 2.05) is 12.1 Å². The molecule has 4 nitrogen and oxygen atoms in total. The number of amides is 1. The first-order valence-electron chi connectivity index (χ1n) is 8.41. The lowest BCUT2D eigenvalue weighted by atomic mass is 10.0. The number of anilines is 1. The molecular formula is C21H20ClN3O. The topological polar surface area (TPSA) is 46.1 Å². The molecule has 132 valence electrons. The quantitative estimate of drug-likeness (QED) is 0.638. The molecule has 1 heterocycles. The van der Waals surface area contributed by atoms with Crippen LogP contribution >= 0.6 is 11.6 Å². The summed E-state index contributed by atoms with van der Waals surface area (Å²) >= 11 is 5.91. The second kappa shape index (κ2) is 7.67. The summed E-state index contributed by atoms with van der Waals surface area (Å²) in [7, 11) is 1.71. The highest BCUT2D eigenvalue weighted by molar-refractivity contribution is 6.30. The largest absolute Gasteiger partial charge is 0.310 e. The van der Waals surface area contributed by atoms with Gasteiger partial charge in [-0.25, -0.2) is 4.98 Å². The lowest BCUT2D eigenvalue weighted by Crippen LogP contribution is -2.27. The summed E-state index contributed by atoms with van der Waals surface area (Å²) < 4.78 is 0. The van der Waals surface area contributed by atoms with Crippen molar-refractivity contribution in [3.8, 4) is 11.3 Å². The third kappa shape index (κ3) is 3.92. The fourth-order valence-electron chi connectivity index (χ4n) is 2.60. The normalized spacial score (nSPS) is 10.8. The van der Waals surface area contributed by atoms with Crippen molar-refractivity contribution in [3.05, 3.63) is 77.2 Å². The molecule has 0 aliphatic rings. The van der Waals surface area contributed by atoms with E-state index in [0.29, 0.717) is 22.3 Å². The lowest BCUT2D eigenvalue weighted by molar-refractivity contribution is 0.0988. The summed E-state index contributed by atoms with van der Waals surface area (Å²) in [6.07, 6.45) is 3.16. The molecule has 1 amide bonds. The van der Waals surface area contributed by atoms with Crippen molar-refractivity contribution in [2.75, 3.05) is 11.9 Å². The smallest absolute Gasteiger partial charge is 0.278 e. The maximum absolute atomic E-state index is 12.7. The van der Waals surface area contributed by atoms with Crippen LogP contribution in [0.15, 0.2) is 60.9 Å². The van der Waals surface area contributed by atoms with Gasteiger partial charge in [-0.05, 0) is 35.7 Å². The molecule has 0 aliphatic heterocycles. The van der Waals surface area contributed by atoms with Gasteiger partial charge in [-0.2, -0.15) is 0 Å². The van der Waals surface area contributed by atoms with Crippen LogP contribution < -0.4 is 4.90 Å². The summed E-state index contributed by atoms with van der Waals surface area (Å²) in [6, 6.07) is 15.3. The van der Waals surface area contributed by atoms with Crippen LogP contribution in [0.5, 0.6) is 0 Å². The Hall–Kier alpha value is -2.72. The Kier molecular flexibility index (Phi) is 5.33. The lowest BCUT2D eigenvalue weighted by Gasteiger charge is -2.17. The van der Waals surface area contributed by atoms with Gasteiger partial charge in [0.15, 0.2) is 0 Å².